The number of rotatable bonds is 10. The monoisotopic (exact) mass is 230 g/mol. The minimum atomic E-state index is -0.897. The van der Waals surface area contributed by atoms with E-state index >= 15 is 0 Å². The first kappa shape index (κ1) is 15.4. The third-order valence-electron chi connectivity index (χ3n) is 2.73. The van der Waals surface area contributed by atoms with E-state index in [9.17, 15) is 4.79 Å². The first-order valence-electron chi connectivity index (χ1n) is 6.32. The molecule has 0 radical (unpaired) electrons. The molecule has 0 aromatic carbocycles. The van der Waals surface area contributed by atoms with E-state index in [-0.39, 0.29) is 0 Å². The van der Waals surface area contributed by atoms with E-state index in [1.165, 1.54) is 25.7 Å². The lowest BCUT2D eigenvalue weighted by molar-refractivity contribution is -0.138. The molecule has 0 fully saturated rings. The van der Waals surface area contributed by atoms with E-state index in [2.05, 4.69) is 18.7 Å². The van der Waals surface area contributed by atoms with Crippen molar-refractivity contribution in [2.45, 2.75) is 52.0 Å². The topological polar surface area (TPSA) is 66.6 Å². The molecule has 0 rings (SSSR count). The summed E-state index contributed by atoms with van der Waals surface area (Å²) in [4.78, 5) is 12.9. The maximum Gasteiger partial charge on any atom is 0.320 e. The summed E-state index contributed by atoms with van der Waals surface area (Å²) in [6, 6.07) is -0.717. The van der Waals surface area contributed by atoms with E-state index in [0.29, 0.717) is 6.42 Å². The maximum absolute atomic E-state index is 10.6. The Balaban J connectivity index is 3.84. The summed E-state index contributed by atoms with van der Waals surface area (Å²) in [5.41, 5.74) is 5.50. The maximum atomic E-state index is 10.6. The number of carboxylic acid groups (broad SMARTS) is 1. The molecule has 0 aliphatic rings. The van der Waals surface area contributed by atoms with Gasteiger partial charge in [0.2, 0.25) is 0 Å². The van der Waals surface area contributed by atoms with Crippen molar-refractivity contribution in [1.82, 2.24) is 4.90 Å². The van der Waals surface area contributed by atoms with Crippen molar-refractivity contribution in [3.05, 3.63) is 0 Å². The van der Waals surface area contributed by atoms with Crippen LogP contribution in [-0.4, -0.2) is 41.7 Å². The molecule has 0 amide bonds. The minimum Gasteiger partial charge on any atom is -0.480 e. The van der Waals surface area contributed by atoms with Crippen LogP contribution < -0.4 is 5.73 Å². The lowest BCUT2D eigenvalue weighted by Gasteiger charge is -2.22. The number of unbranched alkanes of at least 4 members (excludes halogenated alkanes) is 2. The van der Waals surface area contributed by atoms with Gasteiger partial charge in [0, 0.05) is 6.54 Å². The molecule has 0 aromatic heterocycles. The molecule has 0 aliphatic carbocycles. The van der Waals surface area contributed by atoms with E-state index in [1.807, 2.05) is 0 Å². The molecule has 4 heteroatoms. The van der Waals surface area contributed by atoms with Crippen molar-refractivity contribution >= 4 is 5.97 Å². The summed E-state index contributed by atoms with van der Waals surface area (Å²) >= 11 is 0. The molecule has 0 spiro atoms. The Kier molecular flexibility index (Phi) is 9.24. The zero-order valence-electron chi connectivity index (χ0n) is 10.6. The number of hydrogen-bond acceptors (Lipinski definition) is 3. The Morgan fingerprint density at radius 2 is 1.69 bits per heavy atom. The van der Waals surface area contributed by atoms with Gasteiger partial charge in [-0.15, -0.1) is 0 Å². The molecule has 0 aliphatic heterocycles. The first-order chi connectivity index (χ1) is 7.61. The molecule has 0 saturated heterocycles. The van der Waals surface area contributed by atoms with E-state index < -0.39 is 12.0 Å². The highest BCUT2D eigenvalue weighted by Crippen LogP contribution is 2.01. The summed E-state index contributed by atoms with van der Waals surface area (Å²) in [5.74, 6) is -0.897. The fraction of sp³-hybridized carbons (Fsp3) is 0.917. The molecular weight excluding hydrogens is 204 g/mol. The number of aliphatic carboxylic acids is 1. The summed E-state index contributed by atoms with van der Waals surface area (Å²) in [6.07, 6.45) is 5.24. The van der Waals surface area contributed by atoms with E-state index in [4.69, 9.17) is 10.8 Å². The zero-order chi connectivity index (χ0) is 12.4. The largest absolute Gasteiger partial charge is 0.480 e. The molecule has 0 aromatic rings. The fourth-order valence-corrected chi connectivity index (χ4v) is 1.54. The quantitative estimate of drug-likeness (QED) is 0.599. The first-order valence-corrected chi connectivity index (χ1v) is 6.32. The second-order valence-electron chi connectivity index (χ2n) is 4.28. The predicted octanol–water partition coefficient (Wildman–Crippen LogP) is 1.69. The normalized spacial score (nSPS) is 13.0. The molecule has 0 heterocycles. The molecule has 16 heavy (non-hydrogen) atoms. The number of nitrogens with two attached hydrogens (primary N) is 1. The second kappa shape index (κ2) is 9.60. The molecule has 0 bridgehead atoms. The Morgan fingerprint density at radius 1 is 1.19 bits per heavy atom. The van der Waals surface area contributed by atoms with Gasteiger partial charge >= 0.3 is 5.97 Å². The minimum absolute atomic E-state index is 0.544. The van der Waals surface area contributed by atoms with Crippen LogP contribution in [0.1, 0.15) is 46.0 Å². The van der Waals surface area contributed by atoms with Gasteiger partial charge in [0.05, 0.1) is 0 Å². The standard InChI is InChI=1S/C12H26N2O2/c1-3-5-8-14(9-6-4-2)10-7-11(13)12(15)16/h11H,3-10,13H2,1-2H3,(H,15,16). The van der Waals surface area contributed by atoms with Crippen LogP contribution in [0.4, 0.5) is 0 Å². The van der Waals surface area contributed by atoms with Crippen molar-refractivity contribution in [2.24, 2.45) is 5.73 Å². The van der Waals surface area contributed by atoms with Gasteiger partial charge in [-0.25, -0.2) is 0 Å². The van der Waals surface area contributed by atoms with Gasteiger partial charge in [0.1, 0.15) is 6.04 Å². The van der Waals surface area contributed by atoms with Gasteiger partial charge in [0.15, 0.2) is 0 Å². The molecule has 1 unspecified atom stereocenters. The van der Waals surface area contributed by atoms with Crippen molar-refractivity contribution in [1.29, 1.82) is 0 Å². The highest BCUT2D eigenvalue weighted by atomic mass is 16.4. The van der Waals surface area contributed by atoms with Gasteiger partial charge < -0.3 is 15.7 Å². The molecule has 0 saturated carbocycles. The summed E-state index contributed by atoms with van der Waals surface area (Å²) in [7, 11) is 0. The van der Waals surface area contributed by atoms with Crippen molar-refractivity contribution < 1.29 is 9.90 Å². The number of hydrogen-bond donors (Lipinski definition) is 2. The van der Waals surface area contributed by atoms with Gasteiger partial charge in [0.25, 0.3) is 0 Å². The van der Waals surface area contributed by atoms with Gasteiger partial charge in [-0.1, -0.05) is 26.7 Å². The second-order valence-corrected chi connectivity index (χ2v) is 4.28. The average molecular weight is 230 g/mol. The SMILES string of the molecule is CCCCN(CCCC)CCC(N)C(=O)O. The van der Waals surface area contributed by atoms with Crippen LogP contribution in [-0.2, 0) is 4.79 Å². The van der Waals surface area contributed by atoms with E-state index in [1.54, 1.807) is 0 Å². The van der Waals surface area contributed by atoms with Gasteiger partial charge in [-0.05, 0) is 32.4 Å². The molecular formula is C12H26N2O2. The Bertz CT molecular complexity index is 178. The fourth-order valence-electron chi connectivity index (χ4n) is 1.54. The Morgan fingerprint density at radius 3 is 2.06 bits per heavy atom. The molecule has 4 nitrogen and oxygen atoms in total. The van der Waals surface area contributed by atoms with Crippen molar-refractivity contribution in [3.63, 3.8) is 0 Å². The third kappa shape index (κ3) is 7.65. The van der Waals surface area contributed by atoms with Crippen LogP contribution in [0.5, 0.6) is 0 Å². The van der Waals surface area contributed by atoms with Crippen LogP contribution in [0.25, 0.3) is 0 Å². The Hall–Kier alpha value is -0.610. The average Bonchev–Trinajstić information content (AvgIpc) is 2.27. The van der Waals surface area contributed by atoms with Crippen molar-refractivity contribution in [2.75, 3.05) is 19.6 Å². The van der Waals surface area contributed by atoms with Gasteiger partial charge in [-0.2, -0.15) is 0 Å². The van der Waals surface area contributed by atoms with Crippen molar-refractivity contribution in [3.8, 4) is 0 Å². The van der Waals surface area contributed by atoms with Crippen LogP contribution in [0, 0.1) is 0 Å². The third-order valence-corrected chi connectivity index (χ3v) is 2.73. The summed E-state index contributed by atoms with van der Waals surface area (Å²) in [5, 5.41) is 8.70. The molecule has 1 atom stereocenters. The molecule has 3 N–H and O–H groups in total. The lowest BCUT2D eigenvalue weighted by atomic mass is 10.2. The summed E-state index contributed by atoms with van der Waals surface area (Å²) in [6.45, 7) is 7.25. The highest BCUT2D eigenvalue weighted by Gasteiger charge is 2.13. The smallest absolute Gasteiger partial charge is 0.320 e. The van der Waals surface area contributed by atoms with Crippen LogP contribution in [0.3, 0.4) is 0 Å². The molecule has 96 valence electrons. The predicted molar refractivity (Wildman–Crippen MR) is 66.5 cm³/mol. The zero-order valence-corrected chi connectivity index (χ0v) is 10.6. The van der Waals surface area contributed by atoms with Crippen LogP contribution >= 0.6 is 0 Å². The summed E-state index contributed by atoms with van der Waals surface area (Å²) < 4.78 is 0. The van der Waals surface area contributed by atoms with Crippen LogP contribution in [0.15, 0.2) is 0 Å². The Labute approximate surface area is 98.8 Å². The van der Waals surface area contributed by atoms with Crippen LogP contribution in [0.2, 0.25) is 0 Å². The highest BCUT2D eigenvalue weighted by molar-refractivity contribution is 5.72. The number of carbonyl (C=O) groups is 1. The number of nitrogens with zero attached hydrogens (tertiary/aromatic N) is 1. The van der Waals surface area contributed by atoms with Gasteiger partial charge in [-0.3, -0.25) is 4.79 Å². The van der Waals surface area contributed by atoms with E-state index in [0.717, 1.165) is 19.6 Å². The number of carboxylic acids is 1. The lowest BCUT2D eigenvalue weighted by Crippen LogP contribution is -2.36.